The first-order chi connectivity index (χ1) is 14.9. The number of hydrogen-bond acceptors (Lipinski definition) is 5. The summed E-state index contributed by atoms with van der Waals surface area (Å²) in [4.78, 5) is 29.7. The Morgan fingerprint density at radius 3 is 2.26 bits per heavy atom. The highest BCUT2D eigenvalue weighted by Gasteiger charge is 2.40. The standard InChI is InChI=1S/C25H30N2O4/c1-5-30-21-13-11-20(12-14-21)22-23(26(4)17-19-9-7-6-8-10-19)25(29)27(24(22)28)15-16-31-18(2)3/h6-14,18H,5,15-17H2,1-4H3. The van der Waals surface area contributed by atoms with Crippen molar-refractivity contribution in [2.75, 3.05) is 26.8 Å². The lowest BCUT2D eigenvalue weighted by Crippen LogP contribution is -2.37. The normalized spacial score (nSPS) is 14.0. The van der Waals surface area contributed by atoms with Crippen LogP contribution >= 0.6 is 0 Å². The molecule has 6 nitrogen and oxygen atoms in total. The van der Waals surface area contributed by atoms with Crippen LogP contribution in [0.1, 0.15) is 31.9 Å². The highest BCUT2D eigenvalue weighted by molar-refractivity contribution is 6.35. The van der Waals surface area contributed by atoms with Gasteiger partial charge in [-0.05, 0) is 44.0 Å². The fourth-order valence-electron chi connectivity index (χ4n) is 3.58. The van der Waals surface area contributed by atoms with E-state index in [2.05, 4.69) is 0 Å². The van der Waals surface area contributed by atoms with Gasteiger partial charge in [-0.3, -0.25) is 14.5 Å². The lowest BCUT2D eigenvalue weighted by atomic mass is 10.0. The number of carbonyl (C=O) groups is 2. The lowest BCUT2D eigenvalue weighted by Gasteiger charge is -2.22. The van der Waals surface area contributed by atoms with Crippen LogP contribution in [0.15, 0.2) is 60.3 Å². The van der Waals surface area contributed by atoms with Crippen molar-refractivity contribution in [3.05, 3.63) is 71.4 Å². The molecule has 0 N–H and O–H groups in total. The van der Waals surface area contributed by atoms with E-state index in [4.69, 9.17) is 9.47 Å². The van der Waals surface area contributed by atoms with Crippen molar-refractivity contribution in [2.24, 2.45) is 0 Å². The van der Waals surface area contributed by atoms with Gasteiger partial charge in [-0.15, -0.1) is 0 Å². The molecule has 0 saturated carbocycles. The van der Waals surface area contributed by atoms with Gasteiger partial charge in [0.1, 0.15) is 11.4 Å². The number of benzene rings is 2. The van der Waals surface area contributed by atoms with Gasteiger partial charge >= 0.3 is 0 Å². The lowest BCUT2D eigenvalue weighted by molar-refractivity contribution is -0.138. The van der Waals surface area contributed by atoms with Crippen LogP contribution in [-0.4, -0.2) is 54.5 Å². The number of nitrogens with zero attached hydrogens (tertiary/aromatic N) is 2. The summed E-state index contributed by atoms with van der Waals surface area (Å²) < 4.78 is 11.1. The summed E-state index contributed by atoms with van der Waals surface area (Å²) in [5.41, 5.74) is 2.58. The molecule has 1 aliphatic rings. The minimum absolute atomic E-state index is 0.0339. The molecule has 164 valence electrons. The van der Waals surface area contributed by atoms with Crippen LogP contribution in [0.25, 0.3) is 5.57 Å². The van der Waals surface area contributed by atoms with Gasteiger partial charge in [-0.25, -0.2) is 0 Å². The second-order valence-corrected chi connectivity index (χ2v) is 7.70. The molecule has 6 heteroatoms. The van der Waals surface area contributed by atoms with Crippen molar-refractivity contribution < 1.29 is 19.1 Å². The molecule has 0 aromatic heterocycles. The quantitative estimate of drug-likeness (QED) is 0.546. The number of hydrogen-bond donors (Lipinski definition) is 0. The van der Waals surface area contributed by atoms with Crippen molar-refractivity contribution in [1.82, 2.24) is 9.80 Å². The topological polar surface area (TPSA) is 59.1 Å². The molecule has 0 saturated heterocycles. The highest BCUT2D eigenvalue weighted by atomic mass is 16.5. The van der Waals surface area contributed by atoms with Crippen molar-refractivity contribution in [2.45, 2.75) is 33.4 Å². The third-order valence-electron chi connectivity index (χ3n) is 5.01. The van der Waals surface area contributed by atoms with E-state index in [9.17, 15) is 9.59 Å². The van der Waals surface area contributed by atoms with E-state index in [0.717, 1.165) is 11.3 Å². The first kappa shape index (κ1) is 22.6. The van der Waals surface area contributed by atoms with Crippen molar-refractivity contribution >= 4 is 17.4 Å². The van der Waals surface area contributed by atoms with Gasteiger partial charge < -0.3 is 14.4 Å². The van der Waals surface area contributed by atoms with Crippen LogP contribution in [0.4, 0.5) is 0 Å². The molecule has 2 aromatic rings. The molecular weight excluding hydrogens is 392 g/mol. The zero-order valence-electron chi connectivity index (χ0n) is 18.6. The average Bonchev–Trinajstić information content (AvgIpc) is 3.00. The van der Waals surface area contributed by atoms with Crippen LogP contribution in [0, 0.1) is 0 Å². The SMILES string of the molecule is CCOc1ccc(C2=C(N(C)Cc3ccccc3)C(=O)N(CCOC(C)C)C2=O)cc1. The predicted molar refractivity (Wildman–Crippen MR) is 120 cm³/mol. The first-order valence-electron chi connectivity index (χ1n) is 10.6. The van der Waals surface area contributed by atoms with Crippen LogP contribution in [0.5, 0.6) is 5.75 Å². The second kappa shape index (κ2) is 10.3. The Morgan fingerprint density at radius 1 is 0.968 bits per heavy atom. The molecule has 0 atom stereocenters. The first-order valence-corrected chi connectivity index (χ1v) is 10.6. The summed E-state index contributed by atoms with van der Waals surface area (Å²) in [6.45, 7) is 7.39. The molecule has 3 rings (SSSR count). The zero-order chi connectivity index (χ0) is 22.4. The van der Waals surface area contributed by atoms with E-state index < -0.39 is 0 Å². The summed E-state index contributed by atoms with van der Waals surface area (Å²) in [6.07, 6.45) is 0.0339. The molecule has 0 spiro atoms. The Labute approximate surface area is 184 Å². The number of carbonyl (C=O) groups excluding carboxylic acids is 2. The van der Waals surface area contributed by atoms with Crippen LogP contribution in [0.2, 0.25) is 0 Å². The molecule has 2 amide bonds. The van der Waals surface area contributed by atoms with Crippen molar-refractivity contribution in [1.29, 1.82) is 0 Å². The fourth-order valence-corrected chi connectivity index (χ4v) is 3.58. The Balaban J connectivity index is 1.93. The minimum atomic E-state index is -0.295. The maximum atomic E-state index is 13.3. The number of rotatable bonds is 10. The van der Waals surface area contributed by atoms with Gasteiger partial charge in [0.25, 0.3) is 11.8 Å². The van der Waals surface area contributed by atoms with Crippen LogP contribution in [0.3, 0.4) is 0 Å². The number of ether oxygens (including phenoxy) is 2. The fraction of sp³-hybridized carbons (Fsp3) is 0.360. The minimum Gasteiger partial charge on any atom is -0.494 e. The summed E-state index contributed by atoms with van der Waals surface area (Å²) in [5, 5.41) is 0. The highest BCUT2D eigenvalue weighted by Crippen LogP contribution is 2.32. The number of likely N-dealkylation sites (N-methyl/N-ethyl adjacent to an activating group) is 1. The molecule has 2 aromatic carbocycles. The molecule has 1 heterocycles. The summed E-state index contributed by atoms with van der Waals surface area (Å²) in [6, 6.07) is 17.2. The molecule has 0 fully saturated rings. The summed E-state index contributed by atoms with van der Waals surface area (Å²) in [7, 11) is 1.84. The smallest absolute Gasteiger partial charge is 0.277 e. The molecule has 31 heavy (non-hydrogen) atoms. The molecule has 0 aliphatic carbocycles. The van der Waals surface area contributed by atoms with Gasteiger partial charge in [0.15, 0.2) is 0 Å². The Hall–Kier alpha value is -3.12. The predicted octanol–water partition coefficient (Wildman–Crippen LogP) is 3.72. The van der Waals surface area contributed by atoms with Gasteiger partial charge in [0.2, 0.25) is 0 Å². The van der Waals surface area contributed by atoms with E-state index in [1.165, 1.54) is 4.90 Å². The van der Waals surface area contributed by atoms with Gasteiger partial charge in [0.05, 0.1) is 31.4 Å². The number of imide groups is 1. The van der Waals surface area contributed by atoms with E-state index in [1.807, 2.05) is 87.3 Å². The maximum Gasteiger partial charge on any atom is 0.277 e. The van der Waals surface area contributed by atoms with Crippen molar-refractivity contribution in [3.63, 3.8) is 0 Å². The molecular formula is C25H30N2O4. The third kappa shape index (κ3) is 5.33. The second-order valence-electron chi connectivity index (χ2n) is 7.70. The molecule has 0 unspecified atom stereocenters. The van der Waals surface area contributed by atoms with Gasteiger partial charge in [-0.1, -0.05) is 42.5 Å². The van der Waals surface area contributed by atoms with Crippen LogP contribution < -0.4 is 4.74 Å². The largest absolute Gasteiger partial charge is 0.494 e. The molecule has 0 bridgehead atoms. The Kier molecular flexibility index (Phi) is 7.47. The van der Waals surface area contributed by atoms with Crippen LogP contribution in [-0.2, 0) is 20.9 Å². The summed E-state index contributed by atoms with van der Waals surface area (Å²) >= 11 is 0. The van der Waals surface area contributed by atoms with Gasteiger partial charge in [-0.2, -0.15) is 0 Å². The van der Waals surface area contributed by atoms with Gasteiger partial charge in [0, 0.05) is 13.6 Å². The van der Waals surface area contributed by atoms with E-state index in [1.54, 1.807) is 0 Å². The van der Waals surface area contributed by atoms with Crippen molar-refractivity contribution in [3.8, 4) is 5.75 Å². The summed E-state index contributed by atoms with van der Waals surface area (Å²) in [5.74, 6) is 0.140. The maximum absolute atomic E-state index is 13.3. The van der Waals surface area contributed by atoms with E-state index >= 15 is 0 Å². The van der Waals surface area contributed by atoms with E-state index in [0.29, 0.717) is 36.6 Å². The molecule has 0 radical (unpaired) electrons. The molecule has 1 aliphatic heterocycles. The number of amides is 2. The third-order valence-corrected chi connectivity index (χ3v) is 5.01. The Morgan fingerprint density at radius 2 is 1.65 bits per heavy atom. The zero-order valence-corrected chi connectivity index (χ0v) is 18.6. The monoisotopic (exact) mass is 422 g/mol. The van der Waals surface area contributed by atoms with E-state index in [-0.39, 0.29) is 24.5 Å². The average molecular weight is 423 g/mol. The Bertz CT molecular complexity index is 936.